The van der Waals surface area contributed by atoms with Crippen LogP contribution in [0.15, 0.2) is 48.5 Å². The van der Waals surface area contributed by atoms with Crippen LogP contribution >= 0.6 is 0 Å². The van der Waals surface area contributed by atoms with Crippen molar-refractivity contribution in [3.8, 4) is 5.75 Å². The summed E-state index contributed by atoms with van der Waals surface area (Å²) in [7, 11) is 0. The van der Waals surface area contributed by atoms with Gasteiger partial charge in [0.05, 0.1) is 11.0 Å². The van der Waals surface area contributed by atoms with Crippen molar-refractivity contribution in [2.24, 2.45) is 0 Å². The first kappa shape index (κ1) is 16.5. The van der Waals surface area contributed by atoms with Crippen LogP contribution in [0, 0.1) is 17.0 Å². The van der Waals surface area contributed by atoms with Crippen molar-refractivity contribution < 1.29 is 14.5 Å². The molecule has 1 N–H and O–H groups in total. The maximum atomic E-state index is 11.9. The predicted octanol–water partition coefficient (Wildman–Crippen LogP) is 3.16. The largest absolute Gasteiger partial charge is 0.484 e. The van der Waals surface area contributed by atoms with Gasteiger partial charge in [0.15, 0.2) is 6.61 Å². The lowest BCUT2D eigenvalue weighted by molar-refractivity contribution is -0.384. The van der Waals surface area contributed by atoms with Crippen molar-refractivity contribution in [2.45, 2.75) is 19.9 Å². The van der Waals surface area contributed by atoms with Gasteiger partial charge < -0.3 is 10.1 Å². The van der Waals surface area contributed by atoms with Crippen LogP contribution in [0.25, 0.3) is 0 Å². The zero-order valence-electron chi connectivity index (χ0n) is 13.0. The summed E-state index contributed by atoms with van der Waals surface area (Å²) < 4.78 is 5.32. The Morgan fingerprint density at radius 1 is 1.17 bits per heavy atom. The van der Waals surface area contributed by atoms with E-state index in [-0.39, 0.29) is 24.2 Å². The Kier molecular flexibility index (Phi) is 5.30. The monoisotopic (exact) mass is 314 g/mol. The maximum absolute atomic E-state index is 11.9. The fraction of sp³-hybridized carbons (Fsp3) is 0.235. The van der Waals surface area contributed by atoms with Gasteiger partial charge in [0.25, 0.3) is 11.6 Å². The summed E-state index contributed by atoms with van der Waals surface area (Å²) in [5.74, 6) is 0.158. The molecule has 6 heteroatoms. The third kappa shape index (κ3) is 4.81. The molecule has 0 heterocycles. The number of nitro benzene ring substituents is 1. The zero-order valence-corrected chi connectivity index (χ0v) is 13.0. The molecule has 2 aromatic carbocycles. The second-order valence-corrected chi connectivity index (χ2v) is 5.24. The minimum Gasteiger partial charge on any atom is -0.484 e. The molecule has 0 saturated heterocycles. The van der Waals surface area contributed by atoms with Crippen LogP contribution in [0.5, 0.6) is 5.75 Å². The third-order valence-electron chi connectivity index (χ3n) is 3.37. The number of benzene rings is 2. The Morgan fingerprint density at radius 3 is 2.35 bits per heavy atom. The SMILES string of the molecule is Cc1ccc(C(C)NC(=O)COc2ccc([N+](=O)[O-])cc2)cc1. The molecule has 0 radical (unpaired) electrons. The van der Waals surface area contributed by atoms with E-state index in [1.807, 2.05) is 38.1 Å². The molecule has 2 aromatic rings. The smallest absolute Gasteiger partial charge is 0.269 e. The van der Waals surface area contributed by atoms with Crippen molar-refractivity contribution in [2.75, 3.05) is 6.61 Å². The second-order valence-electron chi connectivity index (χ2n) is 5.24. The number of ether oxygens (including phenoxy) is 1. The van der Waals surface area contributed by atoms with Crippen molar-refractivity contribution in [3.63, 3.8) is 0 Å². The Morgan fingerprint density at radius 2 is 1.78 bits per heavy atom. The minimum absolute atomic E-state index is 0.0187. The quantitative estimate of drug-likeness (QED) is 0.656. The van der Waals surface area contributed by atoms with Crippen molar-refractivity contribution >= 4 is 11.6 Å². The maximum Gasteiger partial charge on any atom is 0.269 e. The Hall–Kier alpha value is -2.89. The van der Waals surface area contributed by atoms with E-state index >= 15 is 0 Å². The number of carbonyl (C=O) groups excluding carboxylic acids is 1. The van der Waals surface area contributed by atoms with Crippen LogP contribution in [0.3, 0.4) is 0 Å². The molecule has 1 amide bonds. The molecular formula is C17H18N2O4. The van der Waals surface area contributed by atoms with E-state index < -0.39 is 4.92 Å². The molecule has 0 spiro atoms. The third-order valence-corrected chi connectivity index (χ3v) is 3.37. The number of nitrogens with one attached hydrogen (secondary N) is 1. The van der Waals surface area contributed by atoms with Gasteiger partial charge in [-0.25, -0.2) is 0 Å². The number of hydrogen-bond donors (Lipinski definition) is 1. The lowest BCUT2D eigenvalue weighted by Gasteiger charge is -2.15. The Bertz CT molecular complexity index is 681. The van der Waals surface area contributed by atoms with Crippen LogP contribution in [-0.2, 0) is 4.79 Å². The van der Waals surface area contributed by atoms with Crippen LogP contribution in [0.4, 0.5) is 5.69 Å². The van der Waals surface area contributed by atoms with Crippen molar-refractivity contribution in [3.05, 3.63) is 69.8 Å². The molecule has 1 unspecified atom stereocenters. The van der Waals surface area contributed by atoms with Gasteiger partial charge in [0.2, 0.25) is 0 Å². The number of carbonyl (C=O) groups is 1. The fourth-order valence-corrected chi connectivity index (χ4v) is 2.03. The second kappa shape index (κ2) is 7.40. The number of nitro groups is 1. The molecule has 6 nitrogen and oxygen atoms in total. The number of aryl methyl sites for hydroxylation is 1. The zero-order chi connectivity index (χ0) is 16.8. The van der Waals surface area contributed by atoms with E-state index in [4.69, 9.17) is 4.74 Å². The van der Waals surface area contributed by atoms with Crippen LogP contribution in [0.1, 0.15) is 24.1 Å². The normalized spacial score (nSPS) is 11.6. The van der Waals surface area contributed by atoms with Crippen LogP contribution < -0.4 is 10.1 Å². The average molecular weight is 314 g/mol. The van der Waals surface area contributed by atoms with Gasteiger partial charge in [0, 0.05) is 12.1 Å². The Balaban J connectivity index is 1.84. The lowest BCUT2D eigenvalue weighted by atomic mass is 10.1. The summed E-state index contributed by atoms with van der Waals surface area (Å²) in [5, 5.41) is 13.4. The molecule has 23 heavy (non-hydrogen) atoms. The molecular weight excluding hydrogens is 296 g/mol. The Labute approximate surface area is 134 Å². The lowest BCUT2D eigenvalue weighted by Crippen LogP contribution is -2.31. The molecule has 1 atom stereocenters. The molecule has 0 fully saturated rings. The standard InChI is InChI=1S/C17H18N2O4/c1-12-3-5-14(6-4-12)13(2)18-17(20)11-23-16-9-7-15(8-10-16)19(21)22/h3-10,13H,11H2,1-2H3,(H,18,20). The summed E-state index contributed by atoms with van der Waals surface area (Å²) in [5.41, 5.74) is 2.16. The number of non-ortho nitro benzene ring substituents is 1. The van der Waals surface area contributed by atoms with E-state index in [9.17, 15) is 14.9 Å². The summed E-state index contributed by atoms with van der Waals surface area (Å²) >= 11 is 0. The van der Waals surface area contributed by atoms with Gasteiger partial charge in [0.1, 0.15) is 5.75 Å². The number of nitrogens with zero attached hydrogens (tertiary/aromatic N) is 1. The average Bonchev–Trinajstić information content (AvgIpc) is 2.54. The van der Waals surface area contributed by atoms with Gasteiger partial charge in [-0.05, 0) is 31.5 Å². The highest BCUT2D eigenvalue weighted by Gasteiger charge is 2.10. The van der Waals surface area contributed by atoms with Crippen molar-refractivity contribution in [1.82, 2.24) is 5.32 Å². The molecule has 2 rings (SSSR count). The van der Waals surface area contributed by atoms with E-state index in [0.29, 0.717) is 5.75 Å². The van der Waals surface area contributed by atoms with Gasteiger partial charge in [-0.3, -0.25) is 14.9 Å². The number of rotatable bonds is 6. The topological polar surface area (TPSA) is 81.5 Å². The molecule has 0 aliphatic heterocycles. The van der Waals surface area contributed by atoms with E-state index in [1.54, 1.807) is 0 Å². The summed E-state index contributed by atoms with van der Waals surface area (Å²) in [6.07, 6.45) is 0. The molecule has 0 aromatic heterocycles. The van der Waals surface area contributed by atoms with Crippen LogP contribution in [-0.4, -0.2) is 17.4 Å². The highest BCUT2D eigenvalue weighted by Crippen LogP contribution is 2.17. The van der Waals surface area contributed by atoms with E-state index in [0.717, 1.165) is 11.1 Å². The summed E-state index contributed by atoms with van der Waals surface area (Å²) in [6.45, 7) is 3.76. The molecule has 0 saturated carbocycles. The van der Waals surface area contributed by atoms with Crippen LogP contribution in [0.2, 0.25) is 0 Å². The molecule has 120 valence electrons. The van der Waals surface area contributed by atoms with Gasteiger partial charge in [-0.15, -0.1) is 0 Å². The first-order valence-electron chi connectivity index (χ1n) is 7.19. The minimum atomic E-state index is -0.486. The predicted molar refractivity (Wildman–Crippen MR) is 86.3 cm³/mol. The molecule has 0 aliphatic carbocycles. The van der Waals surface area contributed by atoms with Gasteiger partial charge in [-0.1, -0.05) is 29.8 Å². The highest BCUT2D eigenvalue weighted by atomic mass is 16.6. The number of amides is 1. The summed E-state index contributed by atoms with van der Waals surface area (Å²) in [6, 6.07) is 13.4. The highest BCUT2D eigenvalue weighted by molar-refractivity contribution is 5.78. The van der Waals surface area contributed by atoms with E-state index in [1.165, 1.54) is 24.3 Å². The number of hydrogen-bond acceptors (Lipinski definition) is 4. The van der Waals surface area contributed by atoms with Crippen molar-refractivity contribution in [1.29, 1.82) is 0 Å². The van der Waals surface area contributed by atoms with Gasteiger partial charge >= 0.3 is 0 Å². The molecule has 0 bridgehead atoms. The first-order chi connectivity index (χ1) is 11.0. The van der Waals surface area contributed by atoms with E-state index in [2.05, 4.69) is 5.32 Å². The summed E-state index contributed by atoms with van der Waals surface area (Å²) in [4.78, 5) is 22.0. The first-order valence-corrected chi connectivity index (χ1v) is 7.19. The van der Waals surface area contributed by atoms with Gasteiger partial charge in [-0.2, -0.15) is 0 Å². The molecule has 0 aliphatic rings. The fourth-order valence-electron chi connectivity index (χ4n) is 2.03.